The average molecular weight is 355 g/mol. The van der Waals surface area contributed by atoms with Crippen LogP contribution in [0.1, 0.15) is 37.0 Å². The molecule has 0 atom stereocenters. The van der Waals surface area contributed by atoms with E-state index in [0.717, 1.165) is 12.8 Å². The van der Waals surface area contributed by atoms with E-state index in [9.17, 15) is 9.59 Å². The lowest BCUT2D eigenvalue weighted by molar-refractivity contribution is -0.134. The fraction of sp³-hybridized carbons (Fsp3) is 0.450. The van der Waals surface area contributed by atoms with Crippen LogP contribution in [0.3, 0.4) is 0 Å². The van der Waals surface area contributed by atoms with Crippen molar-refractivity contribution >= 4 is 17.6 Å². The first-order valence-electron chi connectivity index (χ1n) is 9.17. The standard InChI is InChI=1S/C20H25N3O3/c1-15-14-18(22-26-15)21-20(25)17-10-12-23(13-11-17)19(24)9-5-8-16-6-3-2-4-7-16/h2-4,6-7,14,17H,5,8-13H2,1H3,(H,21,22,25). The van der Waals surface area contributed by atoms with E-state index in [4.69, 9.17) is 4.52 Å². The monoisotopic (exact) mass is 355 g/mol. The van der Waals surface area contributed by atoms with Crippen LogP contribution in [0.25, 0.3) is 0 Å². The minimum atomic E-state index is -0.0830. The van der Waals surface area contributed by atoms with Crippen LogP contribution in [0, 0.1) is 12.8 Å². The lowest BCUT2D eigenvalue weighted by atomic mass is 9.95. The van der Waals surface area contributed by atoms with Gasteiger partial charge in [-0.3, -0.25) is 9.59 Å². The van der Waals surface area contributed by atoms with Crippen LogP contribution in [-0.2, 0) is 16.0 Å². The number of likely N-dealkylation sites (tertiary alicyclic amines) is 1. The number of carbonyl (C=O) groups is 2. The second-order valence-corrected chi connectivity index (χ2v) is 6.81. The van der Waals surface area contributed by atoms with Crippen LogP contribution in [0.2, 0.25) is 0 Å². The molecule has 1 aliphatic rings. The highest BCUT2D eigenvalue weighted by Crippen LogP contribution is 2.20. The Kier molecular flexibility index (Phi) is 6.04. The summed E-state index contributed by atoms with van der Waals surface area (Å²) in [6, 6.07) is 11.9. The maximum Gasteiger partial charge on any atom is 0.228 e. The number of aryl methyl sites for hydroxylation is 2. The Morgan fingerprint density at radius 1 is 1.23 bits per heavy atom. The first-order chi connectivity index (χ1) is 12.6. The molecule has 2 aromatic rings. The number of amides is 2. The third-order valence-electron chi connectivity index (χ3n) is 4.80. The molecule has 2 amide bonds. The molecule has 1 aliphatic heterocycles. The second-order valence-electron chi connectivity index (χ2n) is 6.81. The summed E-state index contributed by atoms with van der Waals surface area (Å²) in [7, 11) is 0. The van der Waals surface area contributed by atoms with Crippen LogP contribution in [0.15, 0.2) is 40.9 Å². The minimum absolute atomic E-state index is 0.0468. The highest BCUT2D eigenvalue weighted by atomic mass is 16.5. The van der Waals surface area contributed by atoms with Crippen molar-refractivity contribution in [2.75, 3.05) is 18.4 Å². The van der Waals surface area contributed by atoms with Gasteiger partial charge in [0, 0.05) is 31.5 Å². The van der Waals surface area contributed by atoms with E-state index in [2.05, 4.69) is 22.6 Å². The van der Waals surface area contributed by atoms with E-state index in [1.165, 1.54) is 5.56 Å². The van der Waals surface area contributed by atoms with Gasteiger partial charge in [-0.25, -0.2) is 0 Å². The zero-order valence-electron chi connectivity index (χ0n) is 15.1. The lowest BCUT2D eigenvalue weighted by Crippen LogP contribution is -2.41. The van der Waals surface area contributed by atoms with Gasteiger partial charge in [-0.1, -0.05) is 35.5 Å². The van der Waals surface area contributed by atoms with Crippen molar-refractivity contribution in [3.8, 4) is 0 Å². The Bertz CT molecular complexity index is 734. The van der Waals surface area contributed by atoms with Gasteiger partial charge in [0.2, 0.25) is 11.8 Å². The number of carbonyl (C=O) groups excluding carboxylic acids is 2. The van der Waals surface area contributed by atoms with Crippen molar-refractivity contribution in [3.63, 3.8) is 0 Å². The maximum absolute atomic E-state index is 12.4. The summed E-state index contributed by atoms with van der Waals surface area (Å²) in [6.45, 7) is 3.06. The highest BCUT2D eigenvalue weighted by molar-refractivity contribution is 5.91. The SMILES string of the molecule is Cc1cc(NC(=O)C2CCN(C(=O)CCCc3ccccc3)CC2)no1. The molecule has 0 aliphatic carbocycles. The summed E-state index contributed by atoms with van der Waals surface area (Å²) in [5.41, 5.74) is 1.26. The zero-order chi connectivity index (χ0) is 18.4. The van der Waals surface area contributed by atoms with E-state index < -0.39 is 0 Å². The Morgan fingerprint density at radius 2 is 1.96 bits per heavy atom. The molecular formula is C20H25N3O3. The highest BCUT2D eigenvalue weighted by Gasteiger charge is 2.27. The first-order valence-corrected chi connectivity index (χ1v) is 9.17. The molecule has 0 spiro atoms. The van der Waals surface area contributed by atoms with Crippen molar-refractivity contribution in [1.82, 2.24) is 10.1 Å². The summed E-state index contributed by atoms with van der Waals surface area (Å²) in [4.78, 5) is 26.5. The predicted octanol–water partition coefficient (Wildman–Crippen LogP) is 3.18. The molecule has 0 radical (unpaired) electrons. The van der Waals surface area contributed by atoms with Crippen molar-refractivity contribution in [3.05, 3.63) is 47.7 Å². The molecule has 26 heavy (non-hydrogen) atoms. The van der Waals surface area contributed by atoms with E-state index >= 15 is 0 Å². The van der Waals surface area contributed by atoms with Gasteiger partial charge in [0.25, 0.3) is 0 Å². The summed E-state index contributed by atoms with van der Waals surface area (Å²) >= 11 is 0. The van der Waals surface area contributed by atoms with Crippen LogP contribution in [0.4, 0.5) is 5.82 Å². The number of aromatic nitrogens is 1. The fourth-order valence-corrected chi connectivity index (χ4v) is 3.29. The molecule has 1 N–H and O–H groups in total. The molecule has 6 nitrogen and oxygen atoms in total. The number of nitrogens with one attached hydrogen (secondary N) is 1. The van der Waals surface area contributed by atoms with Crippen molar-refractivity contribution < 1.29 is 14.1 Å². The Balaban J connectivity index is 1.38. The molecule has 1 aromatic carbocycles. The Labute approximate surface area is 153 Å². The van der Waals surface area contributed by atoms with Gasteiger partial charge < -0.3 is 14.7 Å². The van der Waals surface area contributed by atoms with Crippen LogP contribution in [0.5, 0.6) is 0 Å². The summed E-state index contributed by atoms with van der Waals surface area (Å²) in [5, 5.41) is 6.56. The molecule has 0 saturated carbocycles. The second kappa shape index (κ2) is 8.65. The molecule has 1 aromatic heterocycles. The lowest BCUT2D eigenvalue weighted by Gasteiger charge is -2.31. The molecular weight excluding hydrogens is 330 g/mol. The smallest absolute Gasteiger partial charge is 0.228 e. The van der Waals surface area contributed by atoms with Gasteiger partial charge in [0.15, 0.2) is 5.82 Å². The molecule has 138 valence electrons. The molecule has 0 bridgehead atoms. The molecule has 1 saturated heterocycles. The molecule has 2 heterocycles. The molecule has 3 rings (SSSR count). The predicted molar refractivity (Wildman–Crippen MR) is 98.6 cm³/mol. The topological polar surface area (TPSA) is 75.4 Å². The number of hydrogen-bond acceptors (Lipinski definition) is 4. The number of nitrogens with zero attached hydrogens (tertiary/aromatic N) is 2. The first kappa shape index (κ1) is 18.2. The number of rotatable bonds is 6. The summed E-state index contributed by atoms with van der Waals surface area (Å²) in [6.07, 6.45) is 3.71. The number of hydrogen-bond donors (Lipinski definition) is 1. The van der Waals surface area contributed by atoms with Gasteiger partial charge in [-0.15, -0.1) is 0 Å². The van der Waals surface area contributed by atoms with Gasteiger partial charge in [-0.2, -0.15) is 0 Å². The Hall–Kier alpha value is -2.63. The third-order valence-corrected chi connectivity index (χ3v) is 4.80. The van der Waals surface area contributed by atoms with Crippen molar-refractivity contribution in [1.29, 1.82) is 0 Å². The minimum Gasteiger partial charge on any atom is -0.360 e. The van der Waals surface area contributed by atoms with E-state index in [-0.39, 0.29) is 17.7 Å². The number of benzene rings is 1. The summed E-state index contributed by atoms with van der Waals surface area (Å²) < 4.78 is 4.95. The zero-order valence-corrected chi connectivity index (χ0v) is 15.1. The van der Waals surface area contributed by atoms with Crippen LogP contribution >= 0.6 is 0 Å². The fourth-order valence-electron chi connectivity index (χ4n) is 3.29. The van der Waals surface area contributed by atoms with Crippen LogP contribution < -0.4 is 5.32 Å². The maximum atomic E-state index is 12.4. The van der Waals surface area contributed by atoms with E-state index in [1.54, 1.807) is 13.0 Å². The van der Waals surface area contributed by atoms with E-state index in [1.807, 2.05) is 23.1 Å². The van der Waals surface area contributed by atoms with E-state index in [0.29, 0.717) is 43.9 Å². The molecule has 6 heteroatoms. The third kappa shape index (κ3) is 4.94. The van der Waals surface area contributed by atoms with Gasteiger partial charge in [-0.05, 0) is 38.2 Å². The quantitative estimate of drug-likeness (QED) is 0.863. The number of piperidine rings is 1. The van der Waals surface area contributed by atoms with Crippen molar-refractivity contribution in [2.24, 2.45) is 5.92 Å². The summed E-state index contributed by atoms with van der Waals surface area (Å²) in [5.74, 6) is 1.17. The van der Waals surface area contributed by atoms with Crippen molar-refractivity contribution in [2.45, 2.75) is 39.0 Å². The molecule has 0 unspecified atom stereocenters. The average Bonchev–Trinajstić information content (AvgIpc) is 3.07. The molecule has 1 fully saturated rings. The normalized spacial score (nSPS) is 15.0. The van der Waals surface area contributed by atoms with Gasteiger partial charge >= 0.3 is 0 Å². The van der Waals surface area contributed by atoms with Gasteiger partial charge in [0.05, 0.1) is 0 Å². The van der Waals surface area contributed by atoms with Gasteiger partial charge in [0.1, 0.15) is 5.76 Å². The Morgan fingerprint density at radius 3 is 2.62 bits per heavy atom. The number of anilines is 1. The largest absolute Gasteiger partial charge is 0.360 e. The van der Waals surface area contributed by atoms with Crippen LogP contribution in [-0.4, -0.2) is 35.0 Å².